The standard InChI is InChI=1S/C15H16OS.C10H20O4S/c1-12-5-3-4-6-13(12)11-17(2)15-9-7-14(16)8-10-15;1-10(2,3)8-4-6-9(7-5-8)14-15(11,12)13/h3-10H,11H2,1-2H3;8-9H,4-7H2,1-3H3,(H,11,12,13). The predicted molar refractivity (Wildman–Crippen MR) is 131 cm³/mol. The zero-order valence-electron chi connectivity index (χ0n) is 19.7. The van der Waals surface area contributed by atoms with E-state index in [0.29, 0.717) is 24.5 Å². The molecular weight excluding hydrogens is 444 g/mol. The van der Waals surface area contributed by atoms with Gasteiger partial charge in [0.05, 0.1) is 6.10 Å². The number of hydrogen-bond donors (Lipinski definition) is 1. The highest BCUT2D eigenvalue weighted by atomic mass is 32.3. The number of aryl methyl sites for hydroxylation is 1. The summed E-state index contributed by atoms with van der Waals surface area (Å²) in [6.07, 6.45) is 5.06. The third-order valence-electron chi connectivity index (χ3n) is 6.03. The molecule has 7 heteroatoms. The van der Waals surface area contributed by atoms with Crippen molar-refractivity contribution in [2.24, 2.45) is 11.3 Å². The third-order valence-corrected chi connectivity index (χ3v) is 8.35. The molecule has 1 atom stereocenters. The molecular formula is C25H36O5S2. The molecule has 1 fully saturated rings. The molecule has 0 aromatic heterocycles. The van der Waals surface area contributed by atoms with E-state index in [1.165, 1.54) is 16.0 Å². The SMILES string of the molecule is CC(C)(C)C1CCC(OS(=O)(=O)[O-])CC1.Cc1ccccc1C[S+](C)c1ccc(O)cc1. The number of phenols is 1. The predicted octanol–water partition coefficient (Wildman–Crippen LogP) is 5.58. The van der Waals surface area contributed by atoms with E-state index in [2.05, 4.69) is 62.4 Å². The van der Waals surface area contributed by atoms with Crippen molar-refractivity contribution in [1.29, 1.82) is 0 Å². The normalized spacial score (nSPS) is 20.2. The van der Waals surface area contributed by atoms with Crippen molar-refractivity contribution in [2.75, 3.05) is 6.26 Å². The Morgan fingerprint density at radius 3 is 2.09 bits per heavy atom. The van der Waals surface area contributed by atoms with Gasteiger partial charge in [0.25, 0.3) is 0 Å². The van der Waals surface area contributed by atoms with E-state index in [1.807, 2.05) is 12.1 Å². The summed E-state index contributed by atoms with van der Waals surface area (Å²) in [7, 11) is -4.34. The average Bonchev–Trinajstić information content (AvgIpc) is 2.69. The fourth-order valence-corrected chi connectivity index (χ4v) is 6.04. The summed E-state index contributed by atoms with van der Waals surface area (Å²) in [4.78, 5) is 1.30. The minimum atomic E-state index is -4.53. The topological polar surface area (TPSA) is 86.7 Å². The first-order valence-corrected chi connectivity index (χ1v) is 14.1. The van der Waals surface area contributed by atoms with E-state index in [0.717, 1.165) is 18.6 Å². The lowest BCUT2D eigenvalue weighted by atomic mass is 9.72. The van der Waals surface area contributed by atoms with Crippen molar-refractivity contribution in [3.8, 4) is 5.75 Å². The average molecular weight is 481 g/mol. The number of aromatic hydroxyl groups is 1. The van der Waals surface area contributed by atoms with Gasteiger partial charge in [0.2, 0.25) is 10.4 Å². The highest BCUT2D eigenvalue weighted by Crippen LogP contribution is 2.38. The summed E-state index contributed by atoms with van der Waals surface area (Å²) in [6, 6.07) is 16.1. The molecule has 3 rings (SSSR count). The van der Waals surface area contributed by atoms with Crippen LogP contribution < -0.4 is 0 Å². The summed E-state index contributed by atoms with van der Waals surface area (Å²) >= 11 is 0. The van der Waals surface area contributed by atoms with Crippen molar-refractivity contribution >= 4 is 21.3 Å². The van der Waals surface area contributed by atoms with Gasteiger partial charge in [0, 0.05) is 16.5 Å². The van der Waals surface area contributed by atoms with Crippen molar-refractivity contribution in [3.63, 3.8) is 0 Å². The quantitative estimate of drug-likeness (QED) is 0.343. The van der Waals surface area contributed by atoms with Crippen LogP contribution in [0.25, 0.3) is 0 Å². The van der Waals surface area contributed by atoms with E-state index in [-0.39, 0.29) is 16.3 Å². The first-order chi connectivity index (χ1) is 14.8. The summed E-state index contributed by atoms with van der Waals surface area (Å²) in [6.45, 7) is 8.71. The maximum atomic E-state index is 10.4. The van der Waals surface area contributed by atoms with Gasteiger partial charge >= 0.3 is 0 Å². The summed E-state index contributed by atoms with van der Waals surface area (Å²) in [5, 5.41) is 9.28. The van der Waals surface area contributed by atoms with Gasteiger partial charge in [-0.05, 0) is 73.8 Å². The first-order valence-electron chi connectivity index (χ1n) is 11.0. The van der Waals surface area contributed by atoms with Crippen LogP contribution >= 0.6 is 0 Å². The van der Waals surface area contributed by atoms with Gasteiger partial charge in [0.15, 0.2) is 4.90 Å². The van der Waals surface area contributed by atoms with E-state index in [9.17, 15) is 18.1 Å². The Balaban J connectivity index is 0.000000229. The van der Waals surface area contributed by atoms with Gasteiger partial charge in [-0.2, -0.15) is 0 Å². The van der Waals surface area contributed by atoms with Gasteiger partial charge in [-0.15, -0.1) is 0 Å². The van der Waals surface area contributed by atoms with E-state index in [1.54, 1.807) is 12.1 Å². The van der Waals surface area contributed by atoms with Crippen molar-refractivity contribution < 1.29 is 22.3 Å². The molecule has 1 saturated carbocycles. The molecule has 0 heterocycles. The lowest BCUT2D eigenvalue weighted by Crippen LogP contribution is -2.30. The largest absolute Gasteiger partial charge is 0.726 e. The Bertz CT molecular complexity index is 941. The van der Waals surface area contributed by atoms with Crippen molar-refractivity contribution in [1.82, 2.24) is 0 Å². The molecule has 0 bridgehead atoms. The van der Waals surface area contributed by atoms with E-state index < -0.39 is 16.5 Å². The van der Waals surface area contributed by atoms with Gasteiger partial charge in [-0.1, -0.05) is 45.0 Å². The molecule has 178 valence electrons. The molecule has 1 aliphatic rings. The van der Waals surface area contributed by atoms with Gasteiger partial charge in [-0.25, -0.2) is 8.42 Å². The number of benzene rings is 2. The van der Waals surface area contributed by atoms with Crippen LogP contribution in [0.3, 0.4) is 0 Å². The second-order valence-corrected chi connectivity index (χ2v) is 12.6. The van der Waals surface area contributed by atoms with Crippen molar-refractivity contribution in [3.05, 3.63) is 59.7 Å². The monoisotopic (exact) mass is 480 g/mol. The number of phenolic OH excluding ortho intramolecular Hbond substituents is 1. The highest BCUT2D eigenvalue weighted by molar-refractivity contribution is 7.95. The Labute approximate surface area is 196 Å². The molecule has 2 aromatic rings. The molecule has 1 aliphatic carbocycles. The van der Waals surface area contributed by atoms with Crippen LogP contribution in [0.1, 0.15) is 57.6 Å². The maximum Gasteiger partial charge on any atom is 0.217 e. The second kappa shape index (κ2) is 11.5. The molecule has 0 aliphatic heterocycles. The Morgan fingerprint density at radius 1 is 1.03 bits per heavy atom. The molecule has 32 heavy (non-hydrogen) atoms. The fraction of sp³-hybridized carbons (Fsp3) is 0.520. The minimum absolute atomic E-state index is 0.186. The molecule has 0 radical (unpaired) electrons. The summed E-state index contributed by atoms with van der Waals surface area (Å²) < 4.78 is 35.7. The van der Waals surface area contributed by atoms with Crippen LogP contribution in [0.15, 0.2) is 53.4 Å². The molecule has 2 aromatic carbocycles. The van der Waals surface area contributed by atoms with Gasteiger partial charge in [0.1, 0.15) is 17.8 Å². The fourth-order valence-electron chi connectivity index (χ4n) is 3.96. The van der Waals surface area contributed by atoms with Crippen LogP contribution in [0.5, 0.6) is 5.75 Å². The highest BCUT2D eigenvalue weighted by Gasteiger charge is 2.30. The molecule has 0 saturated heterocycles. The van der Waals surface area contributed by atoms with Crippen molar-refractivity contribution in [2.45, 2.75) is 70.1 Å². The van der Waals surface area contributed by atoms with E-state index in [4.69, 9.17) is 0 Å². The molecule has 1 unspecified atom stereocenters. The lowest BCUT2D eigenvalue weighted by molar-refractivity contribution is 0.0827. The number of rotatable bonds is 5. The minimum Gasteiger partial charge on any atom is -0.726 e. The molecule has 0 spiro atoms. The first kappa shape index (κ1) is 26.7. The molecule has 5 nitrogen and oxygen atoms in total. The zero-order valence-corrected chi connectivity index (χ0v) is 21.3. The van der Waals surface area contributed by atoms with Crippen LogP contribution in [0.2, 0.25) is 0 Å². The molecule has 0 amide bonds. The maximum absolute atomic E-state index is 10.4. The van der Waals surface area contributed by atoms with Gasteiger partial charge < -0.3 is 9.66 Å². The third kappa shape index (κ3) is 9.14. The Kier molecular flexibility index (Phi) is 9.64. The second-order valence-electron chi connectivity index (χ2n) is 9.55. The number of hydrogen-bond acceptors (Lipinski definition) is 5. The smallest absolute Gasteiger partial charge is 0.217 e. The van der Waals surface area contributed by atoms with Crippen LogP contribution in [-0.4, -0.2) is 30.4 Å². The molecule has 1 N–H and O–H groups in total. The van der Waals surface area contributed by atoms with E-state index >= 15 is 0 Å². The van der Waals surface area contributed by atoms with Crippen LogP contribution in [0.4, 0.5) is 0 Å². The summed E-state index contributed by atoms with van der Waals surface area (Å²) in [5.74, 6) is 1.99. The summed E-state index contributed by atoms with van der Waals surface area (Å²) in [5.41, 5.74) is 3.01. The Hall–Kier alpha value is -1.54. The van der Waals surface area contributed by atoms with Crippen LogP contribution in [-0.2, 0) is 31.2 Å². The zero-order chi connectivity index (χ0) is 23.9. The lowest BCUT2D eigenvalue weighted by Gasteiger charge is -2.36. The van der Waals surface area contributed by atoms with Crippen LogP contribution in [0, 0.1) is 18.3 Å². The van der Waals surface area contributed by atoms with Gasteiger partial charge in [-0.3, -0.25) is 4.18 Å². The Morgan fingerprint density at radius 2 is 1.59 bits per heavy atom.